The molecule has 106 valence electrons. The highest BCUT2D eigenvalue weighted by molar-refractivity contribution is 5.91. The van der Waals surface area contributed by atoms with Gasteiger partial charge in [0.25, 0.3) is 5.91 Å². The van der Waals surface area contributed by atoms with Crippen LogP contribution in [0.5, 0.6) is 0 Å². The average molecular weight is 280 g/mol. The van der Waals surface area contributed by atoms with Crippen LogP contribution in [0.3, 0.4) is 0 Å². The smallest absolute Gasteiger partial charge is 0.279 e. The molecule has 0 aliphatic heterocycles. The number of hydrogen-bond donors (Lipinski definition) is 2. The molecule has 1 amide bonds. The van der Waals surface area contributed by atoms with E-state index in [0.717, 1.165) is 0 Å². The van der Waals surface area contributed by atoms with Crippen molar-refractivity contribution in [1.82, 2.24) is 0 Å². The molecule has 0 spiro atoms. The number of amides is 1. The fourth-order valence-electron chi connectivity index (χ4n) is 2.02. The van der Waals surface area contributed by atoms with Crippen molar-refractivity contribution in [3.63, 3.8) is 0 Å². The van der Waals surface area contributed by atoms with Crippen LogP contribution >= 0.6 is 0 Å². The van der Waals surface area contributed by atoms with Gasteiger partial charge in [0.1, 0.15) is 6.04 Å². The molecule has 21 heavy (non-hydrogen) atoms. The minimum Gasteiger partial charge on any atom is -0.333 e. The van der Waals surface area contributed by atoms with Crippen molar-refractivity contribution in [2.75, 3.05) is 11.9 Å². The van der Waals surface area contributed by atoms with Gasteiger partial charge in [-0.25, -0.2) is 0 Å². The molecule has 2 rings (SSSR count). The summed E-state index contributed by atoms with van der Waals surface area (Å²) in [6, 6.07) is 19.2. The van der Waals surface area contributed by atoms with E-state index in [1.54, 1.807) is 24.3 Å². The summed E-state index contributed by atoms with van der Waals surface area (Å²) >= 11 is 0. The van der Waals surface area contributed by atoms with Crippen LogP contribution in [0.15, 0.2) is 54.6 Å². The Morgan fingerprint density at radius 2 is 1.86 bits per heavy atom. The van der Waals surface area contributed by atoms with Crippen LogP contribution < -0.4 is 10.6 Å². The average Bonchev–Trinajstić information content (AvgIpc) is 2.54. The summed E-state index contributed by atoms with van der Waals surface area (Å²) in [7, 11) is 0. The summed E-state index contributed by atoms with van der Waals surface area (Å²) in [4.78, 5) is 11.9. The number of quaternary nitrogens is 1. The lowest BCUT2D eigenvalue weighted by Gasteiger charge is -2.11. The largest absolute Gasteiger partial charge is 0.333 e. The summed E-state index contributed by atoms with van der Waals surface area (Å²) in [5, 5.41) is 13.5. The lowest BCUT2D eigenvalue weighted by atomic mass is 10.1. The van der Waals surface area contributed by atoms with E-state index in [0.29, 0.717) is 17.8 Å². The topological polar surface area (TPSA) is 69.5 Å². The second kappa shape index (κ2) is 7.22. The van der Waals surface area contributed by atoms with Gasteiger partial charge in [-0.3, -0.25) is 4.79 Å². The van der Waals surface area contributed by atoms with Gasteiger partial charge in [-0.05, 0) is 31.2 Å². The molecule has 0 aliphatic rings. The lowest BCUT2D eigenvalue weighted by Crippen LogP contribution is -2.86. The van der Waals surface area contributed by atoms with Crippen LogP contribution in [0.25, 0.3) is 0 Å². The maximum atomic E-state index is 11.9. The maximum absolute atomic E-state index is 11.9. The third-order valence-corrected chi connectivity index (χ3v) is 3.28. The van der Waals surface area contributed by atoms with Crippen molar-refractivity contribution >= 4 is 11.6 Å². The molecule has 2 aromatic rings. The number of benzene rings is 2. The summed E-state index contributed by atoms with van der Waals surface area (Å²) in [5.74, 6) is -0.0533. The van der Waals surface area contributed by atoms with Crippen molar-refractivity contribution in [1.29, 1.82) is 5.26 Å². The van der Waals surface area contributed by atoms with Gasteiger partial charge in [-0.1, -0.05) is 30.3 Å². The minimum atomic E-state index is -0.0533. The molecule has 3 N–H and O–H groups in total. The molecular formula is C17H18N3O+. The summed E-state index contributed by atoms with van der Waals surface area (Å²) in [6.45, 7) is 2.43. The molecule has 0 fully saturated rings. The Bertz CT molecular complexity index is 629. The van der Waals surface area contributed by atoms with Crippen LogP contribution in [-0.2, 0) is 4.79 Å². The number of nitrogens with one attached hydrogen (secondary N) is 1. The van der Waals surface area contributed by atoms with Gasteiger partial charge in [0.05, 0.1) is 11.6 Å². The fourth-order valence-corrected chi connectivity index (χ4v) is 2.02. The summed E-state index contributed by atoms with van der Waals surface area (Å²) in [6.07, 6.45) is 0. The monoisotopic (exact) mass is 280 g/mol. The molecule has 1 atom stereocenters. The summed E-state index contributed by atoms with van der Waals surface area (Å²) in [5.41, 5.74) is 2.49. The number of nitrogens with two attached hydrogens (primary N) is 1. The zero-order valence-corrected chi connectivity index (χ0v) is 11.9. The molecule has 0 bridgehead atoms. The Kier molecular flexibility index (Phi) is 5.08. The first-order chi connectivity index (χ1) is 10.2. The first-order valence-electron chi connectivity index (χ1n) is 6.87. The first kappa shape index (κ1) is 14.8. The van der Waals surface area contributed by atoms with Crippen LogP contribution in [0.4, 0.5) is 5.69 Å². The quantitative estimate of drug-likeness (QED) is 0.877. The standard InChI is InChI=1S/C17H17N3O/c1-13(15-5-3-2-4-6-15)19-12-17(21)20-16-9-7-14(11-18)8-10-16/h2-10,13,19H,12H2,1H3,(H,20,21)/p+1/t13-/m0/s1. The van der Waals surface area contributed by atoms with Crippen molar-refractivity contribution in [3.8, 4) is 6.07 Å². The van der Waals surface area contributed by atoms with Crippen LogP contribution in [0, 0.1) is 11.3 Å². The van der Waals surface area contributed by atoms with E-state index in [9.17, 15) is 4.79 Å². The number of carbonyl (C=O) groups excluding carboxylic acids is 1. The van der Waals surface area contributed by atoms with E-state index in [2.05, 4.69) is 24.4 Å². The highest BCUT2D eigenvalue weighted by atomic mass is 16.1. The van der Waals surface area contributed by atoms with E-state index < -0.39 is 0 Å². The molecule has 0 aliphatic carbocycles. The second-order valence-electron chi connectivity index (χ2n) is 4.88. The van der Waals surface area contributed by atoms with Gasteiger partial charge in [0.15, 0.2) is 6.54 Å². The molecule has 0 radical (unpaired) electrons. The highest BCUT2D eigenvalue weighted by Gasteiger charge is 2.11. The Labute approximate surface area is 124 Å². The van der Waals surface area contributed by atoms with Crippen LogP contribution in [0.1, 0.15) is 24.1 Å². The number of nitrogens with zero attached hydrogens (tertiary/aromatic N) is 1. The van der Waals surface area contributed by atoms with E-state index in [4.69, 9.17) is 5.26 Å². The number of hydrogen-bond acceptors (Lipinski definition) is 2. The zero-order chi connectivity index (χ0) is 15.1. The first-order valence-corrected chi connectivity index (χ1v) is 6.87. The van der Waals surface area contributed by atoms with Crippen LogP contribution in [0.2, 0.25) is 0 Å². The summed E-state index contributed by atoms with van der Waals surface area (Å²) < 4.78 is 0. The maximum Gasteiger partial charge on any atom is 0.279 e. The molecular weight excluding hydrogens is 262 g/mol. The van der Waals surface area contributed by atoms with E-state index >= 15 is 0 Å². The van der Waals surface area contributed by atoms with Gasteiger partial charge in [0, 0.05) is 11.3 Å². The minimum absolute atomic E-state index is 0.0533. The van der Waals surface area contributed by atoms with Crippen molar-refractivity contribution < 1.29 is 10.1 Å². The SMILES string of the molecule is C[C@H]([NH2+]CC(=O)Nc1ccc(C#N)cc1)c1ccccc1. The Balaban J connectivity index is 1.83. The molecule has 0 saturated carbocycles. The Hall–Kier alpha value is -2.64. The molecule has 0 unspecified atom stereocenters. The van der Waals surface area contributed by atoms with Crippen molar-refractivity contribution in [2.45, 2.75) is 13.0 Å². The predicted octanol–water partition coefficient (Wildman–Crippen LogP) is 1.82. The molecule has 0 saturated heterocycles. The second-order valence-corrected chi connectivity index (χ2v) is 4.88. The van der Waals surface area contributed by atoms with E-state index in [-0.39, 0.29) is 11.9 Å². The number of carbonyl (C=O) groups is 1. The molecule has 0 aromatic heterocycles. The zero-order valence-electron chi connectivity index (χ0n) is 11.9. The molecule has 4 heteroatoms. The van der Waals surface area contributed by atoms with Gasteiger partial charge < -0.3 is 10.6 Å². The van der Waals surface area contributed by atoms with Gasteiger partial charge in [-0.15, -0.1) is 0 Å². The van der Waals surface area contributed by atoms with Crippen molar-refractivity contribution in [3.05, 3.63) is 65.7 Å². The number of nitriles is 1. The molecule has 4 nitrogen and oxygen atoms in total. The number of anilines is 1. The van der Waals surface area contributed by atoms with Gasteiger partial charge >= 0.3 is 0 Å². The fraction of sp³-hybridized carbons (Fsp3) is 0.176. The van der Waals surface area contributed by atoms with Gasteiger partial charge in [-0.2, -0.15) is 5.26 Å². The third-order valence-electron chi connectivity index (χ3n) is 3.28. The van der Waals surface area contributed by atoms with Gasteiger partial charge in [0.2, 0.25) is 0 Å². The molecule has 0 heterocycles. The lowest BCUT2D eigenvalue weighted by molar-refractivity contribution is -0.682. The van der Waals surface area contributed by atoms with E-state index in [1.807, 2.05) is 29.6 Å². The Morgan fingerprint density at radius 1 is 1.19 bits per heavy atom. The van der Waals surface area contributed by atoms with E-state index in [1.165, 1.54) is 5.56 Å². The predicted molar refractivity (Wildman–Crippen MR) is 81.4 cm³/mol. The third kappa shape index (κ3) is 4.44. The normalized spacial score (nSPS) is 11.4. The van der Waals surface area contributed by atoms with Crippen molar-refractivity contribution in [2.24, 2.45) is 0 Å². The number of rotatable bonds is 5. The highest BCUT2D eigenvalue weighted by Crippen LogP contribution is 2.08. The van der Waals surface area contributed by atoms with Crippen LogP contribution in [-0.4, -0.2) is 12.5 Å². The molecule has 2 aromatic carbocycles. The Morgan fingerprint density at radius 3 is 2.48 bits per heavy atom.